The van der Waals surface area contributed by atoms with Crippen molar-refractivity contribution in [1.82, 2.24) is 24.6 Å². The number of anilines is 1. The van der Waals surface area contributed by atoms with E-state index in [1.54, 1.807) is 28.8 Å². The molecule has 176 valence electrons. The summed E-state index contributed by atoms with van der Waals surface area (Å²) in [6, 6.07) is 16.0. The van der Waals surface area contributed by atoms with Crippen LogP contribution in [-0.2, 0) is 4.74 Å². The summed E-state index contributed by atoms with van der Waals surface area (Å²) in [6.07, 6.45) is 3.11. The van der Waals surface area contributed by atoms with Gasteiger partial charge in [-0.05, 0) is 54.4 Å². The molecule has 1 unspecified atom stereocenters. The van der Waals surface area contributed by atoms with Crippen LogP contribution in [0.15, 0.2) is 67.1 Å². The number of aliphatic hydroxyl groups excluding tert-OH is 1. The van der Waals surface area contributed by atoms with Gasteiger partial charge in [-0.15, -0.1) is 10.2 Å². The van der Waals surface area contributed by atoms with Gasteiger partial charge in [-0.1, -0.05) is 12.1 Å². The Balaban J connectivity index is 1.39. The minimum absolute atomic E-state index is 0.290. The number of rotatable bonds is 4. The summed E-state index contributed by atoms with van der Waals surface area (Å²) >= 11 is 0. The van der Waals surface area contributed by atoms with Crippen LogP contribution >= 0.6 is 0 Å². The fourth-order valence-corrected chi connectivity index (χ4v) is 4.55. The first-order valence-electron chi connectivity index (χ1n) is 11.5. The standard InChI is InChI=1S/C26H23FN6O2/c27-21-8-5-17(25(34)26-31-30-23-4-1-2-10-33(23)26)14-20(21)24-19-7-6-18(15-22(19)28-16-29-24)32-9-3-12-35-13-11-32/h1-2,4-8,10,14-16,25,34H,3,9,11-13H2. The summed E-state index contributed by atoms with van der Waals surface area (Å²) in [4.78, 5) is 11.1. The Bertz CT molecular complexity index is 1510. The van der Waals surface area contributed by atoms with Crippen molar-refractivity contribution < 1.29 is 14.2 Å². The fourth-order valence-electron chi connectivity index (χ4n) is 4.55. The molecule has 35 heavy (non-hydrogen) atoms. The quantitative estimate of drug-likeness (QED) is 0.428. The van der Waals surface area contributed by atoms with E-state index in [1.165, 1.54) is 12.4 Å². The van der Waals surface area contributed by atoms with Gasteiger partial charge in [0.25, 0.3) is 0 Å². The van der Waals surface area contributed by atoms with Crippen LogP contribution in [0.1, 0.15) is 23.9 Å². The number of hydrogen-bond donors (Lipinski definition) is 1. The maximum Gasteiger partial charge on any atom is 0.170 e. The molecular weight excluding hydrogens is 447 g/mol. The van der Waals surface area contributed by atoms with Crippen molar-refractivity contribution in [3.05, 3.63) is 84.3 Å². The third kappa shape index (κ3) is 3.98. The molecule has 4 heterocycles. The highest BCUT2D eigenvalue weighted by Crippen LogP contribution is 2.33. The summed E-state index contributed by atoms with van der Waals surface area (Å²) in [5.41, 5.74) is 3.66. The summed E-state index contributed by atoms with van der Waals surface area (Å²) in [7, 11) is 0. The molecule has 1 atom stereocenters. The number of hydrogen-bond acceptors (Lipinski definition) is 7. The third-order valence-corrected chi connectivity index (χ3v) is 6.35. The zero-order valence-corrected chi connectivity index (χ0v) is 18.9. The largest absolute Gasteiger partial charge is 0.380 e. The van der Waals surface area contributed by atoms with E-state index in [9.17, 15) is 5.11 Å². The van der Waals surface area contributed by atoms with E-state index in [1.807, 2.05) is 30.3 Å². The highest BCUT2D eigenvalue weighted by Gasteiger charge is 2.21. The molecule has 3 aromatic heterocycles. The molecule has 0 radical (unpaired) electrons. The lowest BCUT2D eigenvalue weighted by atomic mass is 10.00. The Morgan fingerprint density at radius 1 is 0.971 bits per heavy atom. The average Bonchev–Trinajstić information content (AvgIpc) is 3.13. The molecule has 2 aromatic carbocycles. The number of fused-ring (bicyclic) bond motifs is 2. The monoisotopic (exact) mass is 470 g/mol. The fraction of sp³-hybridized carbons (Fsp3) is 0.231. The molecular formula is C26H23FN6O2. The number of halogens is 1. The van der Waals surface area contributed by atoms with Gasteiger partial charge in [0.2, 0.25) is 0 Å². The summed E-state index contributed by atoms with van der Waals surface area (Å²) in [6.45, 7) is 3.18. The molecule has 8 nitrogen and oxygen atoms in total. The molecule has 1 aliphatic rings. The van der Waals surface area contributed by atoms with Gasteiger partial charge in [-0.2, -0.15) is 0 Å². The molecule has 0 amide bonds. The Labute approximate surface area is 200 Å². The lowest BCUT2D eigenvalue weighted by Crippen LogP contribution is -2.25. The molecule has 1 saturated heterocycles. The molecule has 1 aliphatic heterocycles. The van der Waals surface area contributed by atoms with Crippen molar-refractivity contribution >= 4 is 22.2 Å². The molecule has 9 heteroatoms. The Morgan fingerprint density at radius 3 is 2.86 bits per heavy atom. The van der Waals surface area contributed by atoms with Gasteiger partial charge in [-0.25, -0.2) is 14.4 Å². The Morgan fingerprint density at radius 2 is 1.91 bits per heavy atom. The smallest absolute Gasteiger partial charge is 0.170 e. The predicted octanol–water partition coefficient (Wildman–Crippen LogP) is 3.79. The van der Waals surface area contributed by atoms with Crippen LogP contribution in [0.25, 0.3) is 27.8 Å². The minimum Gasteiger partial charge on any atom is -0.380 e. The van der Waals surface area contributed by atoms with E-state index in [0.717, 1.165) is 42.7 Å². The van der Waals surface area contributed by atoms with Crippen LogP contribution in [0.4, 0.5) is 10.1 Å². The van der Waals surface area contributed by atoms with E-state index in [0.29, 0.717) is 34.9 Å². The van der Waals surface area contributed by atoms with Crippen molar-refractivity contribution in [2.24, 2.45) is 0 Å². The number of benzene rings is 2. The number of ether oxygens (including phenoxy) is 1. The zero-order chi connectivity index (χ0) is 23.8. The van der Waals surface area contributed by atoms with Gasteiger partial charge in [-0.3, -0.25) is 4.40 Å². The highest BCUT2D eigenvalue weighted by atomic mass is 19.1. The number of nitrogens with zero attached hydrogens (tertiary/aromatic N) is 6. The van der Waals surface area contributed by atoms with Gasteiger partial charge in [0, 0.05) is 42.5 Å². The molecule has 1 N–H and O–H groups in total. The topological polar surface area (TPSA) is 88.7 Å². The highest BCUT2D eigenvalue weighted by molar-refractivity contribution is 5.94. The number of aliphatic hydroxyl groups is 1. The van der Waals surface area contributed by atoms with Gasteiger partial charge in [0.1, 0.15) is 18.2 Å². The van der Waals surface area contributed by atoms with Crippen LogP contribution in [0.2, 0.25) is 0 Å². The molecule has 6 rings (SSSR count). The van der Waals surface area contributed by atoms with Crippen molar-refractivity contribution in [3.8, 4) is 11.3 Å². The SMILES string of the molecule is OC(c1ccc(F)c(-c2ncnc3cc(N4CCCOCC4)ccc23)c1)c1nnc2ccccn12. The predicted molar refractivity (Wildman–Crippen MR) is 130 cm³/mol. The molecule has 0 spiro atoms. The molecule has 0 saturated carbocycles. The van der Waals surface area contributed by atoms with E-state index in [-0.39, 0.29) is 0 Å². The van der Waals surface area contributed by atoms with Crippen molar-refractivity contribution in [2.75, 3.05) is 31.2 Å². The Hall–Kier alpha value is -3.95. The van der Waals surface area contributed by atoms with E-state index >= 15 is 4.39 Å². The van der Waals surface area contributed by atoms with Crippen LogP contribution in [0.3, 0.4) is 0 Å². The van der Waals surface area contributed by atoms with Gasteiger partial charge in [0.15, 0.2) is 11.5 Å². The second-order valence-electron chi connectivity index (χ2n) is 8.51. The Kier molecular flexibility index (Phi) is 5.55. The first-order chi connectivity index (χ1) is 17.2. The molecule has 1 fully saturated rings. The summed E-state index contributed by atoms with van der Waals surface area (Å²) in [5.74, 6) is -0.0717. The van der Waals surface area contributed by atoms with Crippen LogP contribution < -0.4 is 4.90 Å². The maximum atomic E-state index is 15.1. The second-order valence-corrected chi connectivity index (χ2v) is 8.51. The van der Waals surface area contributed by atoms with Gasteiger partial charge >= 0.3 is 0 Å². The molecule has 5 aromatic rings. The molecule has 0 aliphatic carbocycles. The number of pyridine rings is 1. The first kappa shape index (κ1) is 21.6. The summed E-state index contributed by atoms with van der Waals surface area (Å²) < 4.78 is 22.3. The van der Waals surface area contributed by atoms with Crippen molar-refractivity contribution in [2.45, 2.75) is 12.5 Å². The minimum atomic E-state index is -1.09. The third-order valence-electron chi connectivity index (χ3n) is 6.35. The lowest BCUT2D eigenvalue weighted by Gasteiger charge is -2.22. The van der Waals surface area contributed by atoms with Crippen molar-refractivity contribution in [3.63, 3.8) is 0 Å². The normalized spacial score (nSPS) is 15.4. The van der Waals surface area contributed by atoms with E-state index in [2.05, 4.69) is 25.1 Å². The number of aromatic nitrogens is 5. The van der Waals surface area contributed by atoms with Crippen LogP contribution in [0, 0.1) is 5.82 Å². The zero-order valence-electron chi connectivity index (χ0n) is 18.9. The van der Waals surface area contributed by atoms with Gasteiger partial charge in [0.05, 0.1) is 17.8 Å². The maximum absolute atomic E-state index is 15.1. The lowest BCUT2D eigenvalue weighted by molar-refractivity contribution is 0.152. The molecule has 0 bridgehead atoms. The first-order valence-corrected chi connectivity index (χ1v) is 11.5. The van der Waals surface area contributed by atoms with E-state index in [4.69, 9.17) is 4.74 Å². The van der Waals surface area contributed by atoms with Crippen molar-refractivity contribution in [1.29, 1.82) is 0 Å². The average molecular weight is 471 g/mol. The second kappa shape index (κ2) is 9.01. The van der Waals surface area contributed by atoms with Gasteiger partial charge < -0.3 is 14.7 Å². The van der Waals surface area contributed by atoms with Crippen LogP contribution in [0.5, 0.6) is 0 Å². The summed E-state index contributed by atoms with van der Waals surface area (Å²) in [5, 5.41) is 20.0. The van der Waals surface area contributed by atoms with Crippen LogP contribution in [-0.4, -0.2) is 56.0 Å². The van der Waals surface area contributed by atoms with E-state index < -0.39 is 11.9 Å².